The SMILES string of the molecule is Nc1cc(CC(N)c2cc3ccccc3o2)ccn1. The molecule has 0 saturated heterocycles. The van der Waals surface area contributed by atoms with Crippen molar-refractivity contribution >= 4 is 16.8 Å². The first-order chi connectivity index (χ1) is 9.22. The number of nitrogen functional groups attached to an aromatic ring is 1. The number of fused-ring (bicyclic) bond motifs is 1. The second-order valence-corrected chi connectivity index (χ2v) is 4.59. The molecule has 96 valence electrons. The zero-order valence-electron chi connectivity index (χ0n) is 10.4. The maximum absolute atomic E-state index is 6.19. The average molecular weight is 253 g/mol. The van der Waals surface area contributed by atoms with E-state index in [-0.39, 0.29) is 6.04 Å². The van der Waals surface area contributed by atoms with Gasteiger partial charge in [0, 0.05) is 11.6 Å². The van der Waals surface area contributed by atoms with Crippen LogP contribution in [0.2, 0.25) is 0 Å². The minimum absolute atomic E-state index is 0.186. The fourth-order valence-electron chi connectivity index (χ4n) is 2.16. The van der Waals surface area contributed by atoms with Crippen LogP contribution in [0.4, 0.5) is 5.82 Å². The molecule has 4 nitrogen and oxygen atoms in total. The van der Waals surface area contributed by atoms with Gasteiger partial charge < -0.3 is 15.9 Å². The van der Waals surface area contributed by atoms with E-state index in [1.165, 1.54) is 0 Å². The summed E-state index contributed by atoms with van der Waals surface area (Å²) in [6.45, 7) is 0. The Morgan fingerprint density at radius 3 is 2.79 bits per heavy atom. The Morgan fingerprint density at radius 2 is 2.00 bits per heavy atom. The number of pyridine rings is 1. The summed E-state index contributed by atoms with van der Waals surface area (Å²) in [7, 11) is 0. The van der Waals surface area contributed by atoms with E-state index in [1.807, 2.05) is 42.5 Å². The lowest BCUT2D eigenvalue weighted by atomic mass is 10.1. The van der Waals surface area contributed by atoms with E-state index in [0.29, 0.717) is 12.2 Å². The Morgan fingerprint density at radius 1 is 1.16 bits per heavy atom. The maximum atomic E-state index is 6.19. The third-order valence-corrected chi connectivity index (χ3v) is 3.11. The molecule has 1 atom stereocenters. The second kappa shape index (κ2) is 4.74. The lowest BCUT2D eigenvalue weighted by Crippen LogP contribution is -2.12. The van der Waals surface area contributed by atoms with Crippen molar-refractivity contribution in [3.8, 4) is 0 Å². The van der Waals surface area contributed by atoms with E-state index in [0.717, 1.165) is 22.3 Å². The van der Waals surface area contributed by atoms with E-state index in [1.54, 1.807) is 6.20 Å². The van der Waals surface area contributed by atoms with Crippen LogP contribution < -0.4 is 11.5 Å². The second-order valence-electron chi connectivity index (χ2n) is 4.59. The molecule has 0 radical (unpaired) electrons. The van der Waals surface area contributed by atoms with Gasteiger partial charge in [-0.3, -0.25) is 0 Å². The lowest BCUT2D eigenvalue weighted by molar-refractivity contribution is 0.494. The molecule has 0 aliphatic heterocycles. The highest BCUT2D eigenvalue weighted by molar-refractivity contribution is 5.77. The fourth-order valence-corrected chi connectivity index (χ4v) is 2.16. The van der Waals surface area contributed by atoms with Gasteiger partial charge in [-0.25, -0.2) is 4.98 Å². The Balaban J connectivity index is 1.85. The zero-order valence-corrected chi connectivity index (χ0v) is 10.4. The molecule has 19 heavy (non-hydrogen) atoms. The van der Waals surface area contributed by atoms with Gasteiger partial charge in [0.15, 0.2) is 0 Å². The molecule has 0 fully saturated rings. The normalized spacial score (nSPS) is 12.7. The Kier molecular flexibility index (Phi) is 2.93. The Bertz CT molecular complexity index is 672. The number of hydrogen-bond acceptors (Lipinski definition) is 4. The molecule has 3 rings (SSSR count). The molecule has 0 saturated carbocycles. The molecule has 0 aliphatic carbocycles. The first-order valence-corrected chi connectivity index (χ1v) is 6.17. The molecule has 2 heterocycles. The summed E-state index contributed by atoms with van der Waals surface area (Å²) in [5.41, 5.74) is 13.8. The average Bonchev–Trinajstić information content (AvgIpc) is 2.82. The summed E-state index contributed by atoms with van der Waals surface area (Å²) in [5.74, 6) is 1.30. The van der Waals surface area contributed by atoms with E-state index < -0.39 is 0 Å². The number of anilines is 1. The van der Waals surface area contributed by atoms with E-state index in [2.05, 4.69) is 4.98 Å². The van der Waals surface area contributed by atoms with Crippen LogP contribution >= 0.6 is 0 Å². The van der Waals surface area contributed by atoms with Crippen LogP contribution in [0.15, 0.2) is 53.1 Å². The Hall–Kier alpha value is -2.33. The van der Waals surface area contributed by atoms with E-state index >= 15 is 0 Å². The number of benzene rings is 1. The van der Waals surface area contributed by atoms with Gasteiger partial charge in [-0.1, -0.05) is 18.2 Å². The van der Waals surface area contributed by atoms with E-state index in [4.69, 9.17) is 15.9 Å². The van der Waals surface area contributed by atoms with Gasteiger partial charge >= 0.3 is 0 Å². The number of nitrogens with zero attached hydrogens (tertiary/aromatic N) is 1. The van der Waals surface area contributed by atoms with Crippen molar-refractivity contribution in [3.63, 3.8) is 0 Å². The van der Waals surface area contributed by atoms with Crippen LogP contribution in [-0.2, 0) is 6.42 Å². The van der Waals surface area contributed by atoms with Crippen molar-refractivity contribution in [3.05, 3.63) is 60.0 Å². The number of hydrogen-bond donors (Lipinski definition) is 2. The van der Waals surface area contributed by atoms with Crippen molar-refractivity contribution in [2.24, 2.45) is 5.73 Å². The minimum atomic E-state index is -0.186. The van der Waals surface area contributed by atoms with Crippen molar-refractivity contribution in [2.75, 3.05) is 5.73 Å². The predicted molar refractivity (Wildman–Crippen MR) is 75.5 cm³/mol. The Labute approximate surface area is 111 Å². The van der Waals surface area contributed by atoms with Crippen LogP contribution in [0.1, 0.15) is 17.4 Å². The minimum Gasteiger partial charge on any atom is -0.459 e. The summed E-state index contributed by atoms with van der Waals surface area (Å²) in [4.78, 5) is 3.97. The molecule has 4 N–H and O–H groups in total. The van der Waals surface area contributed by atoms with Gasteiger partial charge in [0.05, 0.1) is 6.04 Å². The molecule has 0 aliphatic rings. The van der Waals surface area contributed by atoms with Gasteiger partial charge in [-0.05, 0) is 36.2 Å². The highest BCUT2D eigenvalue weighted by Gasteiger charge is 2.12. The lowest BCUT2D eigenvalue weighted by Gasteiger charge is -2.08. The summed E-state index contributed by atoms with van der Waals surface area (Å²) in [6.07, 6.45) is 2.36. The largest absolute Gasteiger partial charge is 0.459 e. The predicted octanol–water partition coefficient (Wildman–Crippen LogP) is 2.65. The van der Waals surface area contributed by atoms with Gasteiger partial charge in [-0.2, -0.15) is 0 Å². The van der Waals surface area contributed by atoms with Crippen molar-refractivity contribution in [1.82, 2.24) is 4.98 Å². The van der Waals surface area contributed by atoms with Gasteiger partial charge in [0.2, 0.25) is 0 Å². The molecule has 0 bridgehead atoms. The highest BCUT2D eigenvalue weighted by atomic mass is 16.3. The van der Waals surface area contributed by atoms with Gasteiger partial charge in [-0.15, -0.1) is 0 Å². The third-order valence-electron chi connectivity index (χ3n) is 3.11. The summed E-state index contributed by atoms with van der Waals surface area (Å²) >= 11 is 0. The number of para-hydroxylation sites is 1. The van der Waals surface area contributed by atoms with Crippen LogP contribution in [-0.4, -0.2) is 4.98 Å². The first kappa shape index (κ1) is 11.7. The summed E-state index contributed by atoms with van der Waals surface area (Å²) in [5, 5.41) is 1.07. The molecular weight excluding hydrogens is 238 g/mol. The molecule has 0 spiro atoms. The molecule has 1 aromatic carbocycles. The smallest absolute Gasteiger partial charge is 0.134 e. The molecule has 1 unspecified atom stereocenters. The molecule has 4 heteroatoms. The summed E-state index contributed by atoms with van der Waals surface area (Å²) < 4.78 is 5.76. The first-order valence-electron chi connectivity index (χ1n) is 6.17. The molecular formula is C15H15N3O. The number of rotatable bonds is 3. The maximum Gasteiger partial charge on any atom is 0.134 e. The number of nitrogens with two attached hydrogens (primary N) is 2. The van der Waals surface area contributed by atoms with E-state index in [9.17, 15) is 0 Å². The van der Waals surface area contributed by atoms with Crippen LogP contribution in [0.3, 0.4) is 0 Å². The third kappa shape index (κ3) is 2.44. The van der Waals surface area contributed by atoms with Crippen molar-refractivity contribution in [2.45, 2.75) is 12.5 Å². The van der Waals surface area contributed by atoms with Crippen molar-refractivity contribution < 1.29 is 4.42 Å². The molecule has 3 aromatic rings. The highest BCUT2D eigenvalue weighted by Crippen LogP contribution is 2.24. The fraction of sp³-hybridized carbons (Fsp3) is 0.133. The monoisotopic (exact) mass is 253 g/mol. The summed E-state index contributed by atoms with van der Waals surface area (Å²) in [6, 6.07) is 13.4. The molecule has 0 amide bonds. The van der Waals surface area contributed by atoms with Gasteiger partial charge in [0.25, 0.3) is 0 Å². The van der Waals surface area contributed by atoms with Crippen LogP contribution in [0.25, 0.3) is 11.0 Å². The number of furan rings is 1. The topological polar surface area (TPSA) is 78.1 Å². The van der Waals surface area contributed by atoms with Crippen LogP contribution in [0, 0.1) is 0 Å². The quantitative estimate of drug-likeness (QED) is 0.752. The van der Waals surface area contributed by atoms with Crippen LogP contribution in [0.5, 0.6) is 0 Å². The van der Waals surface area contributed by atoms with Crippen molar-refractivity contribution in [1.29, 1.82) is 0 Å². The standard InChI is InChI=1S/C15H15N3O/c16-12(7-10-5-6-18-15(17)8-10)14-9-11-3-1-2-4-13(11)19-14/h1-6,8-9,12H,7,16H2,(H2,17,18). The van der Waals surface area contributed by atoms with Gasteiger partial charge in [0.1, 0.15) is 17.2 Å². The zero-order chi connectivity index (χ0) is 13.2. The number of aromatic nitrogens is 1. The molecule has 2 aromatic heterocycles.